The molecule has 6 heteroatoms. The maximum atomic E-state index is 11.9. The SMILES string of the molecule is Cc1ccsc1/C=N/NC(=O)CCN1CCN(c2ccccc2)CC1. The first-order valence-corrected chi connectivity index (χ1v) is 9.49. The number of thiophene rings is 1. The molecule has 1 aromatic carbocycles. The Kier molecular flexibility index (Phi) is 6.19. The molecule has 1 aromatic heterocycles. The number of amides is 1. The number of aryl methyl sites for hydroxylation is 1. The van der Waals surface area contributed by atoms with Crippen molar-refractivity contribution < 1.29 is 4.79 Å². The number of hydrogen-bond donors (Lipinski definition) is 1. The van der Waals surface area contributed by atoms with E-state index in [-0.39, 0.29) is 5.91 Å². The van der Waals surface area contributed by atoms with Crippen LogP contribution in [-0.4, -0.2) is 49.7 Å². The van der Waals surface area contributed by atoms with E-state index in [1.165, 1.54) is 11.3 Å². The summed E-state index contributed by atoms with van der Waals surface area (Å²) in [5.74, 6) is -0.0315. The minimum Gasteiger partial charge on any atom is -0.369 e. The molecular weight excluding hydrogens is 332 g/mol. The number of nitrogens with one attached hydrogen (secondary N) is 1. The summed E-state index contributed by atoms with van der Waals surface area (Å²) in [6.45, 7) is 6.79. The van der Waals surface area contributed by atoms with Gasteiger partial charge in [-0.1, -0.05) is 18.2 Å². The standard InChI is InChI=1S/C19H24N4OS/c1-16-8-14-25-18(16)15-20-21-19(24)7-9-22-10-12-23(13-11-22)17-5-3-2-4-6-17/h2-6,8,14-15H,7,9-13H2,1H3,(H,21,24)/b20-15+. The summed E-state index contributed by atoms with van der Waals surface area (Å²) in [6.07, 6.45) is 2.20. The van der Waals surface area contributed by atoms with Crippen molar-refractivity contribution in [1.29, 1.82) is 0 Å². The first kappa shape index (κ1) is 17.6. The number of anilines is 1. The highest BCUT2D eigenvalue weighted by Crippen LogP contribution is 2.15. The molecular formula is C19H24N4OS. The van der Waals surface area contributed by atoms with E-state index in [1.54, 1.807) is 17.6 Å². The third-order valence-corrected chi connectivity index (χ3v) is 5.37. The van der Waals surface area contributed by atoms with Crippen molar-refractivity contribution >= 4 is 29.1 Å². The molecule has 3 rings (SSSR count). The van der Waals surface area contributed by atoms with Crippen molar-refractivity contribution in [3.8, 4) is 0 Å². The van der Waals surface area contributed by atoms with Crippen LogP contribution in [0.3, 0.4) is 0 Å². The lowest BCUT2D eigenvalue weighted by Gasteiger charge is -2.36. The van der Waals surface area contributed by atoms with Crippen LogP contribution >= 0.6 is 11.3 Å². The number of rotatable bonds is 6. The lowest BCUT2D eigenvalue weighted by Crippen LogP contribution is -2.47. The van der Waals surface area contributed by atoms with E-state index in [1.807, 2.05) is 24.4 Å². The summed E-state index contributed by atoms with van der Waals surface area (Å²) in [6, 6.07) is 12.5. The Morgan fingerprint density at radius 1 is 1.20 bits per heavy atom. The Bertz CT molecular complexity index is 705. The molecule has 1 saturated heterocycles. The number of carbonyl (C=O) groups excluding carboxylic acids is 1. The molecule has 0 bridgehead atoms. The van der Waals surface area contributed by atoms with E-state index in [4.69, 9.17) is 0 Å². The summed E-state index contributed by atoms with van der Waals surface area (Å²) in [5, 5.41) is 6.07. The summed E-state index contributed by atoms with van der Waals surface area (Å²) in [5.41, 5.74) is 5.08. The average Bonchev–Trinajstić information content (AvgIpc) is 3.06. The summed E-state index contributed by atoms with van der Waals surface area (Å²) >= 11 is 1.62. The summed E-state index contributed by atoms with van der Waals surface area (Å²) < 4.78 is 0. The highest BCUT2D eigenvalue weighted by atomic mass is 32.1. The minimum absolute atomic E-state index is 0.0315. The molecule has 5 nitrogen and oxygen atoms in total. The van der Waals surface area contributed by atoms with Gasteiger partial charge in [-0.15, -0.1) is 11.3 Å². The lowest BCUT2D eigenvalue weighted by molar-refractivity contribution is -0.121. The smallest absolute Gasteiger partial charge is 0.241 e. The van der Waals surface area contributed by atoms with E-state index in [0.717, 1.165) is 37.6 Å². The van der Waals surface area contributed by atoms with Crippen LogP contribution in [0.4, 0.5) is 5.69 Å². The number of hydrogen-bond acceptors (Lipinski definition) is 5. The van der Waals surface area contributed by atoms with E-state index in [2.05, 4.69) is 44.6 Å². The summed E-state index contributed by atoms with van der Waals surface area (Å²) in [4.78, 5) is 17.7. The van der Waals surface area contributed by atoms with Gasteiger partial charge in [-0.3, -0.25) is 9.69 Å². The van der Waals surface area contributed by atoms with Crippen molar-refractivity contribution in [1.82, 2.24) is 10.3 Å². The molecule has 2 heterocycles. The zero-order chi connectivity index (χ0) is 17.5. The molecule has 1 amide bonds. The second kappa shape index (κ2) is 8.78. The third-order valence-electron chi connectivity index (χ3n) is 4.42. The van der Waals surface area contributed by atoms with Crippen LogP contribution in [0.15, 0.2) is 46.9 Å². The number of benzene rings is 1. The van der Waals surface area contributed by atoms with Crippen LogP contribution < -0.4 is 10.3 Å². The predicted molar refractivity (Wildman–Crippen MR) is 105 cm³/mol. The van der Waals surface area contributed by atoms with E-state index in [9.17, 15) is 4.79 Å². The van der Waals surface area contributed by atoms with Gasteiger partial charge in [0.25, 0.3) is 0 Å². The normalized spacial score (nSPS) is 15.6. The molecule has 0 aliphatic carbocycles. The molecule has 0 saturated carbocycles. The fourth-order valence-electron chi connectivity index (χ4n) is 2.86. The van der Waals surface area contributed by atoms with Gasteiger partial charge in [0.2, 0.25) is 5.91 Å². The number of piperazine rings is 1. The van der Waals surface area contributed by atoms with Gasteiger partial charge in [-0.05, 0) is 36.1 Å². The Balaban J connectivity index is 1.36. The highest BCUT2D eigenvalue weighted by molar-refractivity contribution is 7.11. The van der Waals surface area contributed by atoms with Crippen molar-refractivity contribution in [2.75, 3.05) is 37.6 Å². The molecule has 1 aliphatic rings. The van der Waals surface area contributed by atoms with Gasteiger partial charge in [-0.25, -0.2) is 5.43 Å². The molecule has 1 N–H and O–H groups in total. The molecule has 2 aromatic rings. The first-order chi connectivity index (χ1) is 12.2. The van der Waals surface area contributed by atoms with Crippen LogP contribution in [0.5, 0.6) is 0 Å². The molecule has 1 aliphatic heterocycles. The Morgan fingerprint density at radius 2 is 1.96 bits per heavy atom. The lowest BCUT2D eigenvalue weighted by atomic mass is 10.2. The topological polar surface area (TPSA) is 47.9 Å². The van der Waals surface area contributed by atoms with Gasteiger partial charge in [-0.2, -0.15) is 5.10 Å². The fraction of sp³-hybridized carbons (Fsp3) is 0.368. The van der Waals surface area contributed by atoms with Crippen LogP contribution in [0.2, 0.25) is 0 Å². The van der Waals surface area contributed by atoms with Crippen LogP contribution in [0.25, 0.3) is 0 Å². The van der Waals surface area contributed by atoms with E-state index >= 15 is 0 Å². The highest BCUT2D eigenvalue weighted by Gasteiger charge is 2.17. The maximum Gasteiger partial charge on any atom is 0.241 e. The Morgan fingerprint density at radius 3 is 2.64 bits per heavy atom. The van der Waals surface area contributed by atoms with Gasteiger partial charge in [0.1, 0.15) is 0 Å². The second-order valence-corrected chi connectivity index (χ2v) is 7.12. The first-order valence-electron chi connectivity index (χ1n) is 8.61. The molecule has 1 fully saturated rings. The number of para-hydroxylation sites is 1. The van der Waals surface area contributed by atoms with Crippen molar-refractivity contribution in [3.63, 3.8) is 0 Å². The van der Waals surface area contributed by atoms with Gasteiger partial charge in [0, 0.05) is 49.7 Å². The van der Waals surface area contributed by atoms with Gasteiger partial charge < -0.3 is 4.90 Å². The number of nitrogens with zero attached hydrogens (tertiary/aromatic N) is 3. The molecule has 132 valence electrons. The molecule has 0 atom stereocenters. The van der Waals surface area contributed by atoms with Crippen LogP contribution in [0, 0.1) is 6.92 Å². The molecule has 0 radical (unpaired) electrons. The largest absolute Gasteiger partial charge is 0.369 e. The number of hydrazone groups is 1. The zero-order valence-corrected chi connectivity index (χ0v) is 15.3. The molecule has 25 heavy (non-hydrogen) atoms. The van der Waals surface area contributed by atoms with Crippen LogP contribution in [0.1, 0.15) is 16.9 Å². The van der Waals surface area contributed by atoms with Crippen LogP contribution in [-0.2, 0) is 4.79 Å². The predicted octanol–water partition coefficient (Wildman–Crippen LogP) is 2.72. The zero-order valence-electron chi connectivity index (χ0n) is 14.5. The van der Waals surface area contributed by atoms with Gasteiger partial charge in [0.15, 0.2) is 0 Å². The van der Waals surface area contributed by atoms with Gasteiger partial charge in [0.05, 0.1) is 6.21 Å². The second-order valence-electron chi connectivity index (χ2n) is 6.18. The Labute approximate surface area is 153 Å². The third kappa shape index (κ3) is 5.14. The van der Waals surface area contributed by atoms with Gasteiger partial charge >= 0.3 is 0 Å². The van der Waals surface area contributed by atoms with Crippen molar-refractivity contribution in [2.24, 2.45) is 5.10 Å². The Hall–Kier alpha value is -2.18. The number of carbonyl (C=O) groups is 1. The minimum atomic E-state index is -0.0315. The van der Waals surface area contributed by atoms with E-state index in [0.29, 0.717) is 6.42 Å². The monoisotopic (exact) mass is 356 g/mol. The maximum absolute atomic E-state index is 11.9. The molecule has 0 unspecified atom stereocenters. The fourth-order valence-corrected chi connectivity index (χ4v) is 3.65. The average molecular weight is 356 g/mol. The van der Waals surface area contributed by atoms with E-state index < -0.39 is 0 Å². The van der Waals surface area contributed by atoms with Crippen molar-refractivity contribution in [3.05, 3.63) is 52.2 Å². The quantitative estimate of drug-likeness (QED) is 0.639. The summed E-state index contributed by atoms with van der Waals surface area (Å²) in [7, 11) is 0. The van der Waals surface area contributed by atoms with Crippen molar-refractivity contribution in [2.45, 2.75) is 13.3 Å². The molecule has 0 spiro atoms.